The summed E-state index contributed by atoms with van der Waals surface area (Å²) < 4.78 is 5.64. The van der Waals surface area contributed by atoms with E-state index in [9.17, 15) is 9.90 Å². The zero-order chi connectivity index (χ0) is 15.9. The number of amides is 1. The Balaban J connectivity index is 1.90. The molecule has 5 nitrogen and oxygen atoms in total. The van der Waals surface area contributed by atoms with Crippen LogP contribution in [0.25, 0.3) is 0 Å². The lowest BCUT2D eigenvalue weighted by Crippen LogP contribution is -2.23. The Labute approximate surface area is 130 Å². The fourth-order valence-corrected chi connectivity index (χ4v) is 1.79. The van der Waals surface area contributed by atoms with Gasteiger partial charge in [0.05, 0.1) is 12.5 Å². The normalized spacial score (nSPS) is 12.0. The van der Waals surface area contributed by atoms with E-state index < -0.39 is 6.10 Å². The van der Waals surface area contributed by atoms with Gasteiger partial charge in [0.25, 0.3) is 0 Å². The molecule has 1 amide bonds. The van der Waals surface area contributed by atoms with Gasteiger partial charge in [0.15, 0.2) is 0 Å². The van der Waals surface area contributed by atoms with E-state index >= 15 is 0 Å². The molecule has 0 saturated carbocycles. The van der Waals surface area contributed by atoms with Crippen molar-refractivity contribution in [3.8, 4) is 11.5 Å². The van der Waals surface area contributed by atoms with Crippen LogP contribution in [0.15, 0.2) is 48.8 Å². The maximum Gasteiger partial charge on any atom is 0.226 e. The highest BCUT2D eigenvalue weighted by atomic mass is 16.5. The van der Waals surface area contributed by atoms with Crippen molar-refractivity contribution in [2.24, 2.45) is 5.92 Å². The van der Waals surface area contributed by atoms with E-state index in [2.05, 4.69) is 10.3 Å². The highest BCUT2D eigenvalue weighted by Gasteiger charge is 2.14. The van der Waals surface area contributed by atoms with E-state index in [1.807, 2.05) is 13.8 Å². The van der Waals surface area contributed by atoms with Gasteiger partial charge in [-0.1, -0.05) is 13.8 Å². The zero-order valence-electron chi connectivity index (χ0n) is 12.7. The quantitative estimate of drug-likeness (QED) is 0.859. The average molecular weight is 300 g/mol. The maximum absolute atomic E-state index is 11.8. The van der Waals surface area contributed by atoms with Gasteiger partial charge >= 0.3 is 0 Å². The van der Waals surface area contributed by atoms with Crippen LogP contribution >= 0.6 is 0 Å². The van der Waals surface area contributed by atoms with Crippen LogP contribution in [0.5, 0.6) is 11.5 Å². The minimum absolute atomic E-state index is 0.0573. The largest absolute Gasteiger partial charge is 0.457 e. The second kappa shape index (κ2) is 7.56. The summed E-state index contributed by atoms with van der Waals surface area (Å²) in [5.41, 5.74) is 0.669. The number of anilines is 1. The Kier molecular flexibility index (Phi) is 5.49. The van der Waals surface area contributed by atoms with Gasteiger partial charge in [-0.2, -0.15) is 0 Å². The van der Waals surface area contributed by atoms with E-state index in [0.717, 1.165) is 0 Å². The molecular formula is C17H20N2O3. The Morgan fingerprint density at radius 1 is 1.14 bits per heavy atom. The third kappa shape index (κ3) is 4.86. The van der Waals surface area contributed by atoms with Crippen LogP contribution in [-0.4, -0.2) is 22.1 Å². The van der Waals surface area contributed by atoms with Crippen LogP contribution in [-0.2, 0) is 4.79 Å². The van der Waals surface area contributed by atoms with Crippen LogP contribution < -0.4 is 10.1 Å². The first-order valence-electron chi connectivity index (χ1n) is 7.20. The molecule has 5 heteroatoms. The third-order valence-corrected chi connectivity index (χ3v) is 3.19. The maximum atomic E-state index is 11.8. The number of rotatable bonds is 6. The number of hydrogen-bond acceptors (Lipinski definition) is 4. The molecule has 0 fully saturated rings. The van der Waals surface area contributed by atoms with Gasteiger partial charge in [-0.15, -0.1) is 0 Å². The summed E-state index contributed by atoms with van der Waals surface area (Å²) in [6.07, 6.45) is 2.77. The average Bonchev–Trinajstić information content (AvgIpc) is 2.50. The van der Waals surface area contributed by atoms with Crippen molar-refractivity contribution in [3.63, 3.8) is 0 Å². The highest BCUT2D eigenvalue weighted by molar-refractivity contribution is 5.91. The van der Waals surface area contributed by atoms with Gasteiger partial charge in [0.2, 0.25) is 5.91 Å². The first kappa shape index (κ1) is 16.0. The molecule has 2 rings (SSSR count). The van der Waals surface area contributed by atoms with Gasteiger partial charge in [-0.05, 0) is 42.3 Å². The number of nitrogens with zero attached hydrogens (tertiary/aromatic N) is 1. The standard InChI is InChI=1S/C17H20N2O3/c1-12(2)16(20)11-17(21)19-13-3-5-14(6-4-13)22-15-7-9-18-10-8-15/h3-10,12,16,20H,11H2,1-2H3,(H,19,21). The van der Waals surface area contributed by atoms with Gasteiger partial charge in [-0.3, -0.25) is 9.78 Å². The zero-order valence-corrected chi connectivity index (χ0v) is 12.7. The molecule has 0 aliphatic carbocycles. The number of aliphatic hydroxyl groups is 1. The van der Waals surface area contributed by atoms with E-state index in [-0.39, 0.29) is 18.2 Å². The first-order valence-corrected chi connectivity index (χ1v) is 7.20. The van der Waals surface area contributed by atoms with E-state index in [1.54, 1.807) is 48.8 Å². The second-order valence-corrected chi connectivity index (χ2v) is 5.37. The van der Waals surface area contributed by atoms with Crippen LogP contribution in [0, 0.1) is 5.92 Å². The molecule has 1 unspecified atom stereocenters. The van der Waals surface area contributed by atoms with Gasteiger partial charge in [-0.25, -0.2) is 0 Å². The minimum Gasteiger partial charge on any atom is -0.457 e. The molecule has 2 N–H and O–H groups in total. The molecule has 1 aromatic heterocycles. The summed E-state index contributed by atoms with van der Waals surface area (Å²) in [6.45, 7) is 3.76. The molecule has 0 bridgehead atoms. The molecule has 0 aliphatic heterocycles. The van der Waals surface area contributed by atoms with Crippen LogP contribution in [0.2, 0.25) is 0 Å². The predicted molar refractivity (Wildman–Crippen MR) is 84.8 cm³/mol. The number of aliphatic hydroxyl groups excluding tert-OH is 1. The van der Waals surface area contributed by atoms with Crippen molar-refractivity contribution in [2.75, 3.05) is 5.32 Å². The molecule has 0 spiro atoms. The number of carbonyl (C=O) groups excluding carboxylic acids is 1. The predicted octanol–water partition coefficient (Wildman–Crippen LogP) is 3.22. The van der Waals surface area contributed by atoms with Crippen molar-refractivity contribution < 1.29 is 14.6 Å². The Hall–Kier alpha value is -2.40. The molecule has 2 aromatic rings. The lowest BCUT2D eigenvalue weighted by molar-refractivity contribution is -0.118. The number of aromatic nitrogens is 1. The van der Waals surface area contributed by atoms with Gasteiger partial charge < -0.3 is 15.2 Å². The molecular weight excluding hydrogens is 280 g/mol. The second-order valence-electron chi connectivity index (χ2n) is 5.37. The molecule has 1 atom stereocenters. The third-order valence-electron chi connectivity index (χ3n) is 3.19. The summed E-state index contributed by atoms with van der Waals surface area (Å²) in [4.78, 5) is 15.7. The molecule has 0 radical (unpaired) electrons. The van der Waals surface area contributed by atoms with Crippen LogP contribution in [0.1, 0.15) is 20.3 Å². The Morgan fingerprint density at radius 3 is 2.32 bits per heavy atom. The first-order chi connectivity index (χ1) is 10.5. The van der Waals surface area contributed by atoms with Gasteiger partial charge in [0, 0.05) is 18.1 Å². The van der Waals surface area contributed by atoms with Gasteiger partial charge in [0.1, 0.15) is 11.5 Å². The number of ether oxygens (including phenoxy) is 1. The highest BCUT2D eigenvalue weighted by Crippen LogP contribution is 2.22. The molecule has 0 aliphatic rings. The number of hydrogen-bond donors (Lipinski definition) is 2. The van der Waals surface area contributed by atoms with E-state index in [1.165, 1.54) is 0 Å². The number of pyridine rings is 1. The molecule has 0 saturated heterocycles. The lowest BCUT2D eigenvalue weighted by Gasteiger charge is -2.14. The van der Waals surface area contributed by atoms with Crippen molar-refractivity contribution in [3.05, 3.63) is 48.8 Å². The monoisotopic (exact) mass is 300 g/mol. The number of nitrogens with one attached hydrogen (secondary N) is 1. The fourth-order valence-electron chi connectivity index (χ4n) is 1.79. The lowest BCUT2D eigenvalue weighted by atomic mass is 10.0. The van der Waals surface area contributed by atoms with Crippen molar-refractivity contribution >= 4 is 11.6 Å². The summed E-state index contributed by atoms with van der Waals surface area (Å²) in [5, 5.41) is 12.5. The smallest absolute Gasteiger partial charge is 0.226 e. The Bertz CT molecular complexity index is 597. The summed E-state index contributed by atoms with van der Waals surface area (Å²) in [6, 6.07) is 10.6. The molecule has 116 valence electrons. The summed E-state index contributed by atoms with van der Waals surface area (Å²) >= 11 is 0. The fraction of sp³-hybridized carbons (Fsp3) is 0.294. The van der Waals surface area contributed by atoms with Crippen molar-refractivity contribution in [2.45, 2.75) is 26.4 Å². The Morgan fingerprint density at radius 2 is 1.73 bits per heavy atom. The minimum atomic E-state index is -0.630. The number of carbonyl (C=O) groups is 1. The van der Waals surface area contributed by atoms with Crippen molar-refractivity contribution in [1.82, 2.24) is 4.98 Å². The summed E-state index contributed by atoms with van der Waals surface area (Å²) in [7, 11) is 0. The van der Waals surface area contributed by atoms with Crippen LogP contribution in [0.4, 0.5) is 5.69 Å². The topological polar surface area (TPSA) is 71.5 Å². The van der Waals surface area contributed by atoms with Crippen LogP contribution in [0.3, 0.4) is 0 Å². The van der Waals surface area contributed by atoms with E-state index in [0.29, 0.717) is 17.2 Å². The van der Waals surface area contributed by atoms with E-state index in [4.69, 9.17) is 4.74 Å². The molecule has 1 heterocycles. The SMILES string of the molecule is CC(C)C(O)CC(=O)Nc1ccc(Oc2ccncc2)cc1. The van der Waals surface area contributed by atoms with Crippen molar-refractivity contribution in [1.29, 1.82) is 0 Å². The molecule has 1 aromatic carbocycles. The molecule has 22 heavy (non-hydrogen) atoms. The summed E-state index contributed by atoms with van der Waals surface area (Å²) in [5.74, 6) is 1.23. The number of benzene rings is 1.